The molecule has 6 nitrogen and oxygen atoms in total. The van der Waals surface area contributed by atoms with Crippen molar-refractivity contribution in [3.8, 4) is 5.75 Å². The third-order valence-electron chi connectivity index (χ3n) is 3.97. The Bertz CT molecular complexity index is 676. The third kappa shape index (κ3) is 3.06. The van der Waals surface area contributed by atoms with Crippen LogP contribution in [0.4, 0.5) is 0 Å². The molecule has 0 radical (unpaired) electrons. The summed E-state index contributed by atoms with van der Waals surface area (Å²) in [6.45, 7) is 1.89. The highest BCUT2D eigenvalue weighted by Crippen LogP contribution is 2.33. The van der Waals surface area contributed by atoms with Crippen LogP contribution in [0.15, 0.2) is 23.1 Å². The van der Waals surface area contributed by atoms with Crippen LogP contribution < -0.4 is 4.74 Å². The normalized spacial score (nSPS) is 23.2. The van der Waals surface area contributed by atoms with E-state index >= 15 is 0 Å². The van der Waals surface area contributed by atoms with E-state index in [0.717, 1.165) is 0 Å². The minimum atomic E-state index is -3.88. The van der Waals surface area contributed by atoms with Gasteiger partial charge in [-0.25, -0.2) is 8.42 Å². The number of aliphatic carboxylic acids is 1. The summed E-state index contributed by atoms with van der Waals surface area (Å²) in [6.07, 6.45) is 0.969. The smallest absolute Gasteiger partial charge is 0.308 e. The van der Waals surface area contributed by atoms with E-state index in [1.54, 1.807) is 13.0 Å². The van der Waals surface area contributed by atoms with Gasteiger partial charge in [-0.1, -0.05) is 11.6 Å². The lowest BCUT2D eigenvalue weighted by Crippen LogP contribution is -2.49. The first-order chi connectivity index (χ1) is 10.3. The monoisotopic (exact) mass is 347 g/mol. The van der Waals surface area contributed by atoms with Gasteiger partial charge in [0.2, 0.25) is 10.0 Å². The Kier molecular flexibility index (Phi) is 4.99. The van der Waals surface area contributed by atoms with Crippen LogP contribution in [0.2, 0.25) is 5.02 Å². The molecule has 1 N–H and O–H groups in total. The van der Waals surface area contributed by atoms with Crippen LogP contribution >= 0.6 is 11.6 Å². The molecule has 0 aromatic heterocycles. The molecular weight excluding hydrogens is 330 g/mol. The zero-order valence-electron chi connectivity index (χ0n) is 12.3. The maximum absolute atomic E-state index is 12.8. The van der Waals surface area contributed by atoms with Gasteiger partial charge in [0.1, 0.15) is 10.6 Å². The molecule has 0 spiro atoms. The fourth-order valence-corrected chi connectivity index (χ4v) is 4.91. The molecule has 1 fully saturated rings. The number of hydrogen-bond acceptors (Lipinski definition) is 4. The minimum Gasteiger partial charge on any atom is -0.497 e. The fourth-order valence-electron chi connectivity index (χ4n) is 2.72. The second-order valence-electron chi connectivity index (χ2n) is 5.24. The molecular formula is C14H18ClNO5S. The molecule has 0 bridgehead atoms. The van der Waals surface area contributed by atoms with E-state index in [9.17, 15) is 18.3 Å². The molecule has 1 heterocycles. The number of rotatable bonds is 4. The number of carbonyl (C=O) groups is 1. The van der Waals surface area contributed by atoms with Gasteiger partial charge in [-0.15, -0.1) is 0 Å². The van der Waals surface area contributed by atoms with Gasteiger partial charge in [0, 0.05) is 18.7 Å². The molecule has 0 aliphatic carbocycles. The first-order valence-corrected chi connectivity index (χ1v) is 8.69. The highest BCUT2D eigenvalue weighted by molar-refractivity contribution is 7.89. The quantitative estimate of drug-likeness (QED) is 0.902. The Hall–Kier alpha value is -1.31. The van der Waals surface area contributed by atoms with Crippen molar-refractivity contribution in [1.82, 2.24) is 4.31 Å². The minimum absolute atomic E-state index is 0.0635. The van der Waals surface area contributed by atoms with E-state index in [-0.39, 0.29) is 16.5 Å². The Balaban J connectivity index is 2.43. The zero-order chi connectivity index (χ0) is 16.5. The van der Waals surface area contributed by atoms with Gasteiger partial charge < -0.3 is 9.84 Å². The van der Waals surface area contributed by atoms with Crippen molar-refractivity contribution in [3.05, 3.63) is 23.2 Å². The van der Waals surface area contributed by atoms with Crippen molar-refractivity contribution in [2.75, 3.05) is 13.7 Å². The molecule has 2 atom stereocenters. The Labute approximate surface area is 134 Å². The molecule has 22 heavy (non-hydrogen) atoms. The van der Waals surface area contributed by atoms with Crippen molar-refractivity contribution in [1.29, 1.82) is 0 Å². The molecule has 1 aromatic carbocycles. The Morgan fingerprint density at radius 1 is 1.45 bits per heavy atom. The van der Waals surface area contributed by atoms with Crippen LogP contribution in [-0.4, -0.2) is 43.5 Å². The van der Waals surface area contributed by atoms with E-state index in [1.165, 1.54) is 23.5 Å². The van der Waals surface area contributed by atoms with Gasteiger partial charge in [-0.3, -0.25) is 4.79 Å². The lowest BCUT2D eigenvalue weighted by Gasteiger charge is -2.36. The molecule has 2 rings (SSSR count). The summed E-state index contributed by atoms with van der Waals surface area (Å²) >= 11 is 6.03. The van der Waals surface area contributed by atoms with Crippen LogP contribution in [0.25, 0.3) is 0 Å². The van der Waals surface area contributed by atoms with Crippen LogP contribution in [-0.2, 0) is 14.8 Å². The van der Waals surface area contributed by atoms with Crippen molar-refractivity contribution in [2.24, 2.45) is 5.92 Å². The first kappa shape index (κ1) is 17.1. The molecule has 122 valence electrons. The summed E-state index contributed by atoms with van der Waals surface area (Å²) in [5, 5.41) is 9.32. The molecule has 8 heteroatoms. The summed E-state index contributed by atoms with van der Waals surface area (Å²) in [5.74, 6) is -1.32. The number of piperidine rings is 1. The molecule has 0 saturated carbocycles. The zero-order valence-corrected chi connectivity index (χ0v) is 13.9. The number of carboxylic acids is 1. The standard InChI is InChI=1S/C14H18ClNO5S/c1-9-11(14(17)18)4-3-7-16(9)22(19,20)13-8-10(21-2)5-6-12(13)15/h5-6,8-9,11H,3-4,7H2,1-2H3,(H,17,18)/t9-,11-/m0/s1. The molecule has 0 unspecified atom stereocenters. The predicted octanol–water partition coefficient (Wildman–Crippen LogP) is 2.22. The number of halogens is 1. The molecule has 1 aliphatic heterocycles. The van der Waals surface area contributed by atoms with E-state index < -0.39 is 28.0 Å². The van der Waals surface area contributed by atoms with Crippen LogP contribution in [0.3, 0.4) is 0 Å². The number of nitrogens with zero attached hydrogens (tertiary/aromatic N) is 1. The van der Waals surface area contributed by atoms with Crippen molar-refractivity contribution >= 4 is 27.6 Å². The van der Waals surface area contributed by atoms with Crippen molar-refractivity contribution in [2.45, 2.75) is 30.7 Å². The molecule has 1 saturated heterocycles. The van der Waals surface area contributed by atoms with Gasteiger partial charge >= 0.3 is 5.97 Å². The van der Waals surface area contributed by atoms with Gasteiger partial charge in [0.15, 0.2) is 0 Å². The number of hydrogen-bond donors (Lipinski definition) is 1. The van der Waals surface area contributed by atoms with Crippen LogP contribution in [0.1, 0.15) is 19.8 Å². The van der Waals surface area contributed by atoms with E-state index in [1.807, 2.05) is 0 Å². The van der Waals surface area contributed by atoms with Gasteiger partial charge in [-0.2, -0.15) is 4.31 Å². The number of benzene rings is 1. The SMILES string of the molecule is COc1ccc(Cl)c(S(=O)(=O)N2CCC[C@H](C(=O)O)[C@@H]2C)c1. The maximum Gasteiger partial charge on any atom is 0.308 e. The summed E-state index contributed by atoms with van der Waals surface area (Å²) in [5.41, 5.74) is 0. The van der Waals surface area contributed by atoms with Gasteiger partial charge in [0.05, 0.1) is 18.1 Å². The van der Waals surface area contributed by atoms with Crippen molar-refractivity contribution in [3.63, 3.8) is 0 Å². The lowest BCUT2D eigenvalue weighted by molar-refractivity contribution is -0.144. The Morgan fingerprint density at radius 2 is 2.14 bits per heavy atom. The highest BCUT2D eigenvalue weighted by atomic mass is 35.5. The largest absolute Gasteiger partial charge is 0.497 e. The topological polar surface area (TPSA) is 83.9 Å². The number of ether oxygens (including phenoxy) is 1. The second kappa shape index (κ2) is 6.44. The van der Waals surface area contributed by atoms with Crippen molar-refractivity contribution < 1.29 is 23.1 Å². The summed E-state index contributed by atoms with van der Waals surface area (Å²) in [6, 6.07) is 3.75. The van der Waals surface area contributed by atoms with E-state index in [0.29, 0.717) is 18.6 Å². The molecule has 0 amide bonds. The maximum atomic E-state index is 12.8. The van der Waals surface area contributed by atoms with E-state index in [2.05, 4.69) is 0 Å². The average Bonchev–Trinajstić information content (AvgIpc) is 2.47. The number of methoxy groups -OCH3 is 1. The average molecular weight is 348 g/mol. The molecule has 1 aromatic rings. The summed E-state index contributed by atoms with van der Waals surface area (Å²) in [7, 11) is -2.45. The summed E-state index contributed by atoms with van der Waals surface area (Å²) < 4.78 is 32.0. The summed E-state index contributed by atoms with van der Waals surface area (Å²) in [4.78, 5) is 11.2. The van der Waals surface area contributed by atoms with Gasteiger partial charge in [-0.05, 0) is 31.9 Å². The highest BCUT2D eigenvalue weighted by Gasteiger charge is 2.40. The van der Waals surface area contributed by atoms with Gasteiger partial charge in [0.25, 0.3) is 0 Å². The molecule has 1 aliphatic rings. The van der Waals surface area contributed by atoms with Crippen LogP contribution in [0, 0.1) is 5.92 Å². The van der Waals surface area contributed by atoms with Crippen LogP contribution in [0.5, 0.6) is 5.75 Å². The predicted molar refractivity (Wildman–Crippen MR) is 81.7 cm³/mol. The fraction of sp³-hybridized carbons (Fsp3) is 0.500. The number of sulfonamides is 1. The number of carboxylic acid groups (broad SMARTS) is 1. The first-order valence-electron chi connectivity index (χ1n) is 6.87. The second-order valence-corrected chi connectivity index (χ2v) is 7.51. The third-order valence-corrected chi connectivity index (χ3v) is 6.44. The van der Waals surface area contributed by atoms with E-state index in [4.69, 9.17) is 16.3 Å². The lowest BCUT2D eigenvalue weighted by atomic mass is 9.92. The Morgan fingerprint density at radius 3 is 2.73 bits per heavy atom.